The number of amides is 1. The molecule has 2 aliphatic rings. The van der Waals surface area contributed by atoms with Gasteiger partial charge in [-0.3, -0.25) is 10.1 Å². The Morgan fingerprint density at radius 3 is 2.71 bits per heavy atom. The number of halogens is 2. The van der Waals surface area contributed by atoms with Crippen molar-refractivity contribution >= 4 is 5.91 Å². The van der Waals surface area contributed by atoms with Gasteiger partial charge in [-0.1, -0.05) is 0 Å². The first-order valence-electron chi connectivity index (χ1n) is 7.14. The van der Waals surface area contributed by atoms with Crippen molar-refractivity contribution in [3.8, 4) is 0 Å². The first-order valence-corrected chi connectivity index (χ1v) is 7.14. The normalized spacial score (nSPS) is 33.0. The van der Waals surface area contributed by atoms with Gasteiger partial charge in [0.1, 0.15) is 17.8 Å². The van der Waals surface area contributed by atoms with Crippen LogP contribution in [0, 0.1) is 11.6 Å². The molecule has 21 heavy (non-hydrogen) atoms. The van der Waals surface area contributed by atoms with Gasteiger partial charge in [0, 0.05) is 18.2 Å². The molecule has 4 atom stereocenters. The molecule has 6 heteroatoms. The summed E-state index contributed by atoms with van der Waals surface area (Å²) in [5.74, 6) is -1.35. The predicted octanol–water partition coefficient (Wildman–Crippen LogP) is 1.96. The Balaban J connectivity index is 1.97. The van der Waals surface area contributed by atoms with E-state index in [2.05, 4.69) is 5.32 Å². The fourth-order valence-electron chi connectivity index (χ4n) is 3.14. The number of nitrogens with zero attached hydrogens (tertiary/aromatic N) is 1. The molecule has 2 aliphatic heterocycles. The number of hydrogen-bond donors (Lipinski definition) is 1. The zero-order valence-corrected chi connectivity index (χ0v) is 12.0. The zero-order chi connectivity index (χ0) is 15.1. The van der Waals surface area contributed by atoms with Crippen LogP contribution in [-0.2, 0) is 9.53 Å². The Morgan fingerprint density at radius 1 is 1.33 bits per heavy atom. The van der Waals surface area contributed by atoms with Crippen LogP contribution in [0.5, 0.6) is 0 Å². The largest absolute Gasteiger partial charge is 0.376 e. The summed E-state index contributed by atoms with van der Waals surface area (Å²) in [6, 6.07) is 2.95. The molecule has 0 aromatic heterocycles. The third-order valence-corrected chi connectivity index (χ3v) is 4.26. The quantitative estimate of drug-likeness (QED) is 0.907. The molecule has 0 spiro atoms. The van der Waals surface area contributed by atoms with E-state index < -0.39 is 23.8 Å². The number of carbonyl (C=O) groups is 1. The maximum absolute atomic E-state index is 14.1. The Morgan fingerprint density at radius 2 is 2.10 bits per heavy atom. The zero-order valence-electron chi connectivity index (χ0n) is 12.0. The lowest BCUT2D eigenvalue weighted by Gasteiger charge is -2.32. The van der Waals surface area contributed by atoms with E-state index in [0.29, 0.717) is 6.61 Å². The molecule has 2 fully saturated rings. The van der Waals surface area contributed by atoms with Gasteiger partial charge in [-0.25, -0.2) is 8.78 Å². The Bertz CT molecular complexity index is 567. The number of hydrogen-bond acceptors (Lipinski definition) is 3. The Hall–Kier alpha value is -1.53. The molecular weight excluding hydrogens is 278 g/mol. The van der Waals surface area contributed by atoms with Gasteiger partial charge in [0.15, 0.2) is 0 Å². The van der Waals surface area contributed by atoms with Crippen molar-refractivity contribution in [1.82, 2.24) is 10.2 Å². The van der Waals surface area contributed by atoms with E-state index in [1.165, 1.54) is 12.1 Å². The molecule has 114 valence electrons. The highest BCUT2D eigenvalue weighted by molar-refractivity contribution is 5.84. The number of rotatable bonds is 2. The SMILES string of the molecule is CC1NC(c2ccc(F)cc2F)N(C2CCOC2C)C1=O. The highest BCUT2D eigenvalue weighted by Crippen LogP contribution is 2.33. The molecule has 0 bridgehead atoms. The van der Waals surface area contributed by atoms with E-state index in [1.807, 2.05) is 6.92 Å². The van der Waals surface area contributed by atoms with Crippen molar-refractivity contribution in [2.75, 3.05) is 6.61 Å². The minimum absolute atomic E-state index is 0.0777. The van der Waals surface area contributed by atoms with Crippen molar-refractivity contribution in [3.63, 3.8) is 0 Å². The molecule has 2 saturated heterocycles. The molecule has 0 saturated carbocycles. The molecule has 1 N–H and O–H groups in total. The summed E-state index contributed by atoms with van der Waals surface area (Å²) in [6.07, 6.45) is 0.0509. The lowest BCUT2D eigenvalue weighted by molar-refractivity contribution is -0.133. The monoisotopic (exact) mass is 296 g/mol. The average molecular weight is 296 g/mol. The van der Waals surface area contributed by atoms with E-state index in [-0.39, 0.29) is 23.6 Å². The van der Waals surface area contributed by atoms with Gasteiger partial charge in [-0.05, 0) is 32.4 Å². The smallest absolute Gasteiger partial charge is 0.241 e. The summed E-state index contributed by atoms with van der Waals surface area (Å²) in [7, 11) is 0. The summed E-state index contributed by atoms with van der Waals surface area (Å²) in [6.45, 7) is 4.24. The fourth-order valence-corrected chi connectivity index (χ4v) is 3.14. The molecule has 0 aliphatic carbocycles. The van der Waals surface area contributed by atoms with Crippen LogP contribution < -0.4 is 5.32 Å². The summed E-state index contributed by atoms with van der Waals surface area (Å²) in [5.41, 5.74) is 0.285. The van der Waals surface area contributed by atoms with Crippen molar-refractivity contribution in [2.45, 2.75) is 44.6 Å². The van der Waals surface area contributed by atoms with E-state index in [9.17, 15) is 13.6 Å². The van der Waals surface area contributed by atoms with Gasteiger partial charge in [-0.2, -0.15) is 0 Å². The summed E-state index contributed by atoms with van der Waals surface area (Å²) in [5, 5.41) is 3.09. The Kier molecular flexibility index (Phi) is 3.67. The van der Waals surface area contributed by atoms with Crippen LogP contribution in [0.4, 0.5) is 8.78 Å². The first kappa shape index (κ1) is 14.4. The van der Waals surface area contributed by atoms with Crippen LogP contribution in [-0.4, -0.2) is 35.6 Å². The topological polar surface area (TPSA) is 41.6 Å². The fraction of sp³-hybridized carbons (Fsp3) is 0.533. The third kappa shape index (κ3) is 2.42. The first-order chi connectivity index (χ1) is 9.99. The van der Waals surface area contributed by atoms with E-state index in [4.69, 9.17) is 4.74 Å². The molecule has 4 unspecified atom stereocenters. The summed E-state index contributed by atoms with van der Waals surface area (Å²) >= 11 is 0. The molecule has 1 amide bonds. The second kappa shape index (κ2) is 5.35. The van der Waals surface area contributed by atoms with Crippen molar-refractivity contribution in [3.05, 3.63) is 35.4 Å². The number of nitrogens with one attached hydrogen (secondary N) is 1. The molecule has 4 nitrogen and oxygen atoms in total. The van der Waals surface area contributed by atoms with Crippen LogP contribution in [0.1, 0.15) is 32.0 Å². The average Bonchev–Trinajstić information content (AvgIpc) is 2.95. The maximum Gasteiger partial charge on any atom is 0.241 e. The van der Waals surface area contributed by atoms with Crippen molar-refractivity contribution < 1.29 is 18.3 Å². The minimum Gasteiger partial charge on any atom is -0.376 e. The van der Waals surface area contributed by atoms with Crippen molar-refractivity contribution in [2.24, 2.45) is 0 Å². The van der Waals surface area contributed by atoms with Gasteiger partial charge < -0.3 is 9.64 Å². The molecule has 0 radical (unpaired) electrons. The van der Waals surface area contributed by atoms with Crippen molar-refractivity contribution in [1.29, 1.82) is 0 Å². The number of benzene rings is 1. The highest BCUT2D eigenvalue weighted by Gasteiger charge is 2.45. The van der Waals surface area contributed by atoms with Gasteiger partial charge in [0.05, 0.1) is 18.2 Å². The molecule has 1 aromatic rings. The standard InChI is InChI=1S/C15H18F2N2O2/c1-8-15(20)19(13-5-6-21-9(13)2)14(18-8)11-4-3-10(16)7-12(11)17/h3-4,7-9,13-14,18H,5-6H2,1-2H3. The minimum atomic E-state index is -0.647. The van der Waals surface area contributed by atoms with Gasteiger partial charge in [0.25, 0.3) is 0 Å². The van der Waals surface area contributed by atoms with Gasteiger partial charge in [-0.15, -0.1) is 0 Å². The van der Waals surface area contributed by atoms with Crippen LogP contribution in [0.25, 0.3) is 0 Å². The van der Waals surface area contributed by atoms with E-state index >= 15 is 0 Å². The summed E-state index contributed by atoms with van der Waals surface area (Å²) in [4.78, 5) is 14.1. The Labute approximate surface area is 122 Å². The van der Waals surface area contributed by atoms with Gasteiger partial charge >= 0.3 is 0 Å². The van der Waals surface area contributed by atoms with Crippen LogP contribution >= 0.6 is 0 Å². The van der Waals surface area contributed by atoms with E-state index in [1.54, 1.807) is 11.8 Å². The van der Waals surface area contributed by atoms with Gasteiger partial charge in [0.2, 0.25) is 5.91 Å². The number of carbonyl (C=O) groups excluding carboxylic acids is 1. The van der Waals surface area contributed by atoms with Crippen LogP contribution in [0.3, 0.4) is 0 Å². The molecule has 1 aromatic carbocycles. The maximum atomic E-state index is 14.1. The second-order valence-electron chi connectivity index (χ2n) is 5.63. The van der Waals surface area contributed by atoms with Crippen LogP contribution in [0.15, 0.2) is 18.2 Å². The lowest BCUT2D eigenvalue weighted by Crippen LogP contribution is -2.43. The predicted molar refractivity (Wildman–Crippen MR) is 72.4 cm³/mol. The lowest BCUT2D eigenvalue weighted by atomic mass is 10.1. The molecular formula is C15H18F2N2O2. The highest BCUT2D eigenvalue weighted by atomic mass is 19.1. The summed E-state index contributed by atoms with van der Waals surface area (Å²) < 4.78 is 32.7. The molecule has 3 rings (SSSR count). The third-order valence-electron chi connectivity index (χ3n) is 4.26. The van der Waals surface area contributed by atoms with E-state index in [0.717, 1.165) is 12.5 Å². The van der Waals surface area contributed by atoms with Crippen LogP contribution in [0.2, 0.25) is 0 Å². The number of ether oxygens (including phenoxy) is 1. The molecule has 2 heterocycles. The second-order valence-corrected chi connectivity index (χ2v) is 5.63.